The first-order valence-corrected chi connectivity index (χ1v) is 7.89. The SMILES string of the molecule is CN=C(NCc1nc(-c2ccc(Cl)cc2)no1)NCc1ncnn1C.I. The molecule has 1 aromatic carbocycles. The molecule has 2 heterocycles. The molecule has 0 radical (unpaired) electrons. The van der Waals surface area contributed by atoms with Crippen LogP contribution in [0.2, 0.25) is 5.02 Å². The van der Waals surface area contributed by atoms with Gasteiger partial charge in [-0.05, 0) is 24.3 Å². The molecule has 0 spiro atoms. The first-order chi connectivity index (χ1) is 12.2. The second-order valence-corrected chi connectivity index (χ2v) is 5.53. The number of nitrogens with zero attached hydrogens (tertiary/aromatic N) is 6. The molecule has 0 saturated carbocycles. The molecule has 3 aromatic rings. The van der Waals surface area contributed by atoms with Gasteiger partial charge in [-0.15, -0.1) is 24.0 Å². The van der Waals surface area contributed by atoms with Crippen LogP contribution in [0.4, 0.5) is 0 Å². The molecule has 0 aliphatic heterocycles. The van der Waals surface area contributed by atoms with E-state index in [0.29, 0.717) is 35.8 Å². The smallest absolute Gasteiger partial charge is 0.246 e. The highest BCUT2D eigenvalue weighted by Gasteiger charge is 2.09. The molecule has 2 aromatic heterocycles. The Labute approximate surface area is 172 Å². The van der Waals surface area contributed by atoms with E-state index < -0.39 is 0 Å². The fourth-order valence-corrected chi connectivity index (χ4v) is 2.19. The third kappa shape index (κ3) is 5.14. The van der Waals surface area contributed by atoms with Crippen LogP contribution in [0, 0.1) is 0 Å². The lowest BCUT2D eigenvalue weighted by Gasteiger charge is -2.09. The molecule has 0 amide bonds. The molecule has 3 rings (SSSR count). The fraction of sp³-hybridized carbons (Fsp3) is 0.267. The van der Waals surface area contributed by atoms with Crippen molar-refractivity contribution in [1.29, 1.82) is 0 Å². The number of benzene rings is 1. The number of aliphatic imine (C=N–C) groups is 1. The van der Waals surface area contributed by atoms with Gasteiger partial charge in [-0.1, -0.05) is 16.8 Å². The van der Waals surface area contributed by atoms with Gasteiger partial charge in [-0.3, -0.25) is 9.67 Å². The summed E-state index contributed by atoms with van der Waals surface area (Å²) in [6, 6.07) is 7.24. The maximum absolute atomic E-state index is 5.88. The van der Waals surface area contributed by atoms with Crippen molar-refractivity contribution in [3.8, 4) is 11.4 Å². The zero-order chi connectivity index (χ0) is 17.6. The molecule has 0 aliphatic rings. The van der Waals surface area contributed by atoms with Crippen LogP contribution in [0.15, 0.2) is 40.1 Å². The Morgan fingerprint density at radius 2 is 1.96 bits per heavy atom. The summed E-state index contributed by atoms with van der Waals surface area (Å²) < 4.78 is 6.94. The first-order valence-electron chi connectivity index (χ1n) is 7.51. The van der Waals surface area contributed by atoms with Crippen molar-refractivity contribution in [2.45, 2.75) is 13.1 Å². The third-order valence-corrected chi connectivity index (χ3v) is 3.67. The Hall–Kier alpha value is -2.21. The van der Waals surface area contributed by atoms with E-state index in [2.05, 4.69) is 35.8 Å². The largest absolute Gasteiger partial charge is 0.349 e. The maximum Gasteiger partial charge on any atom is 0.246 e. The van der Waals surface area contributed by atoms with Crippen LogP contribution in [0.25, 0.3) is 11.4 Å². The lowest BCUT2D eigenvalue weighted by atomic mass is 10.2. The van der Waals surface area contributed by atoms with Crippen molar-refractivity contribution in [2.75, 3.05) is 7.05 Å². The Morgan fingerprint density at radius 1 is 1.23 bits per heavy atom. The minimum absolute atomic E-state index is 0. The van der Waals surface area contributed by atoms with Gasteiger partial charge in [0.25, 0.3) is 0 Å². The summed E-state index contributed by atoms with van der Waals surface area (Å²) in [5.74, 6) is 2.35. The summed E-state index contributed by atoms with van der Waals surface area (Å²) in [6.45, 7) is 0.842. The second-order valence-electron chi connectivity index (χ2n) is 5.10. The fourth-order valence-electron chi connectivity index (χ4n) is 2.07. The zero-order valence-electron chi connectivity index (χ0n) is 14.2. The van der Waals surface area contributed by atoms with Gasteiger partial charge in [0, 0.05) is 24.7 Å². The summed E-state index contributed by atoms with van der Waals surface area (Å²) >= 11 is 5.88. The van der Waals surface area contributed by atoms with Gasteiger partial charge in [0.1, 0.15) is 12.2 Å². The van der Waals surface area contributed by atoms with Crippen molar-refractivity contribution < 1.29 is 4.52 Å². The first kappa shape index (κ1) is 20.1. The van der Waals surface area contributed by atoms with E-state index in [4.69, 9.17) is 16.1 Å². The Balaban J connectivity index is 0.00000243. The average molecular weight is 489 g/mol. The van der Waals surface area contributed by atoms with E-state index >= 15 is 0 Å². The van der Waals surface area contributed by atoms with Gasteiger partial charge >= 0.3 is 0 Å². The lowest BCUT2D eigenvalue weighted by Crippen LogP contribution is -2.37. The Morgan fingerprint density at radius 3 is 2.62 bits per heavy atom. The number of nitrogens with one attached hydrogen (secondary N) is 2. The number of hydrogen-bond acceptors (Lipinski definition) is 6. The molecule has 0 bridgehead atoms. The van der Waals surface area contributed by atoms with Crippen molar-refractivity contribution in [1.82, 2.24) is 35.5 Å². The number of aromatic nitrogens is 5. The lowest BCUT2D eigenvalue weighted by molar-refractivity contribution is 0.375. The monoisotopic (exact) mass is 488 g/mol. The average Bonchev–Trinajstić information content (AvgIpc) is 3.25. The Bertz CT molecular complexity index is 861. The van der Waals surface area contributed by atoms with Gasteiger partial charge in [0.15, 0.2) is 5.96 Å². The predicted molar refractivity (Wildman–Crippen MR) is 108 cm³/mol. The summed E-state index contributed by atoms with van der Waals surface area (Å²) in [6.07, 6.45) is 1.50. The molecule has 0 saturated heterocycles. The van der Waals surface area contributed by atoms with E-state index in [-0.39, 0.29) is 24.0 Å². The van der Waals surface area contributed by atoms with Crippen LogP contribution in [0.1, 0.15) is 11.7 Å². The highest BCUT2D eigenvalue weighted by molar-refractivity contribution is 14.0. The minimum atomic E-state index is 0. The van der Waals surface area contributed by atoms with E-state index in [1.165, 1.54) is 6.33 Å². The molecular formula is C15H18ClIN8O. The minimum Gasteiger partial charge on any atom is -0.349 e. The van der Waals surface area contributed by atoms with Gasteiger partial charge in [-0.2, -0.15) is 10.1 Å². The van der Waals surface area contributed by atoms with Crippen molar-refractivity contribution in [2.24, 2.45) is 12.0 Å². The molecular weight excluding hydrogens is 471 g/mol. The molecule has 0 atom stereocenters. The van der Waals surface area contributed by atoms with E-state index in [1.54, 1.807) is 23.9 Å². The molecule has 0 aliphatic carbocycles. The maximum atomic E-state index is 5.88. The van der Waals surface area contributed by atoms with Crippen LogP contribution in [-0.4, -0.2) is 37.9 Å². The summed E-state index contributed by atoms with van der Waals surface area (Å²) in [7, 11) is 3.51. The molecule has 11 heteroatoms. The molecule has 0 unspecified atom stereocenters. The van der Waals surface area contributed by atoms with Crippen molar-refractivity contribution >= 4 is 41.5 Å². The summed E-state index contributed by atoms with van der Waals surface area (Å²) in [4.78, 5) is 12.6. The van der Waals surface area contributed by atoms with E-state index in [9.17, 15) is 0 Å². The number of hydrogen-bond donors (Lipinski definition) is 2. The zero-order valence-corrected chi connectivity index (χ0v) is 17.3. The van der Waals surface area contributed by atoms with Gasteiger partial charge in [0.2, 0.25) is 11.7 Å². The van der Waals surface area contributed by atoms with Crippen LogP contribution < -0.4 is 10.6 Å². The van der Waals surface area contributed by atoms with Crippen LogP contribution >= 0.6 is 35.6 Å². The molecule has 2 N–H and O–H groups in total. The van der Waals surface area contributed by atoms with E-state index in [0.717, 1.165) is 11.4 Å². The normalized spacial score (nSPS) is 11.1. The molecule has 0 fully saturated rings. The summed E-state index contributed by atoms with van der Waals surface area (Å²) in [5, 5.41) is 14.9. The molecule has 9 nitrogen and oxygen atoms in total. The quantitative estimate of drug-likeness (QED) is 0.321. The topological polar surface area (TPSA) is 106 Å². The summed E-state index contributed by atoms with van der Waals surface area (Å²) in [5.41, 5.74) is 0.837. The van der Waals surface area contributed by atoms with Crippen molar-refractivity contribution in [3.05, 3.63) is 47.3 Å². The van der Waals surface area contributed by atoms with Crippen LogP contribution in [-0.2, 0) is 20.1 Å². The molecule has 138 valence electrons. The van der Waals surface area contributed by atoms with Crippen molar-refractivity contribution in [3.63, 3.8) is 0 Å². The van der Waals surface area contributed by atoms with Gasteiger partial charge < -0.3 is 15.2 Å². The highest BCUT2D eigenvalue weighted by atomic mass is 127. The number of rotatable bonds is 5. The van der Waals surface area contributed by atoms with Gasteiger partial charge in [-0.25, -0.2) is 4.98 Å². The Kier molecular flexibility index (Phi) is 7.33. The number of aryl methyl sites for hydroxylation is 1. The van der Waals surface area contributed by atoms with E-state index in [1.807, 2.05) is 19.2 Å². The standard InChI is InChI=1S/C15H17ClN8O.HI/c1-17-15(18-7-12-20-9-21-24(12)2)19-8-13-22-14(23-25-13)10-3-5-11(16)6-4-10;/h3-6,9H,7-8H2,1-2H3,(H2,17,18,19);1H. The predicted octanol–water partition coefficient (Wildman–Crippen LogP) is 2.00. The van der Waals surface area contributed by atoms with Gasteiger partial charge in [0.05, 0.1) is 13.1 Å². The third-order valence-electron chi connectivity index (χ3n) is 3.42. The second kappa shape index (κ2) is 9.48. The van der Waals surface area contributed by atoms with Crippen LogP contribution in [0.5, 0.6) is 0 Å². The highest BCUT2D eigenvalue weighted by Crippen LogP contribution is 2.18. The molecule has 26 heavy (non-hydrogen) atoms. The number of halogens is 2. The van der Waals surface area contributed by atoms with Crippen LogP contribution in [0.3, 0.4) is 0 Å². The number of guanidine groups is 1.